The Morgan fingerprint density at radius 2 is 2.00 bits per heavy atom. The Morgan fingerprint density at radius 1 is 1.38 bits per heavy atom. The van der Waals surface area contributed by atoms with E-state index < -0.39 is 22.7 Å². The minimum absolute atomic E-state index is 0.415. The molecule has 2 N–H and O–H groups in total. The van der Waals surface area contributed by atoms with Crippen LogP contribution in [0.15, 0.2) is 35.2 Å². The highest BCUT2D eigenvalue weighted by atomic mass is 32.2. The van der Waals surface area contributed by atoms with Gasteiger partial charge >= 0.3 is 0 Å². The van der Waals surface area contributed by atoms with Gasteiger partial charge in [-0.2, -0.15) is 0 Å². The maximum Gasteiger partial charge on any atom is 0.222 e. The number of aliphatic hydroxyl groups excluding tert-OH is 2. The van der Waals surface area contributed by atoms with Gasteiger partial charge in [-0.25, -0.2) is 0 Å². The third kappa shape index (κ3) is 2.47. The molecule has 1 rings (SSSR count). The molecule has 70 valence electrons. The van der Waals surface area contributed by atoms with Gasteiger partial charge in [-0.05, 0) is 12.1 Å². The monoisotopic (exact) mass is 198 g/mol. The first-order valence-electron chi connectivity index (χ1n) is 3.72. The molecule has 0 aliphatic carbocycles. The molecule has 1 aromatic carbocycles. The van der Waals surface area contributed by atoms with E-state index in [-0.39, 0.29) is 0 Å². The molecule has 0 amide bonds. The van der Waals surface area contributed by atoms with Crippen LogP contribution >= 0.6 is 0 Å². The number of hydrogen-bond donors (Lipinski definition) is 2. The zero-order chi connectivity index (χ0) is 9.68. The van der Waals surface area contributed by atoms with E-state index in [4.69, 9.17) is 10.6 Å². The fourth-order valence-corrected chi connectivity index (χ4v) is 1.98. The maximum absolute atomic E-state index is 9.28. The van der Waals surface area contributed by atoms with Crippen molar-refractivity contribution in [1.29, 1.82) is 0 Å². The summed E-state index contributed by atoms with van der Waals surface area (Å²) in [5.41, 5.74) is 7.61. The predicted octanol–water partition coefficient (Wildman–Crippen LogP) is 0.247. The summed E-state index contributed by atoms with van der Waals surface area (Å²) in [5, 5.41) is 18.0. The lowest BCUT2D eigenvalue weighted by atomic mass is 10.4. The molecule has 13 heavy (non-hydrogen) atoms. The molecule has 0 heterocycles. The SMILES string of the molecule is [N-]=[N+]=S(c1ccccc1)C(O)CO. The van der Waals surface area contributed by atoms with E-state index in [0.29, 0.717) is 4.90 Å². The summed E-state index contributed by atoms with van der Waals surface area (Å²) in [7, 11) is -1.05. The highest BCUT2D eigenvalue weighted by molar-refractivity contribution is 7.87. The van der Waals surface area contributed by atoms with Gasteiger partial charge in [0.1, 0.15) is 0 Å². The van der Waals surface area contributed by atoms with E-state index >= 15 is 0 Å². The number of hydrogen-bond acceptors (Lipinski definition) is 2. The molecule has 2 atom stereocenters. The summed E-state index contributed by atoms with van der Waals surface area (Å²) in [4.78, 5) is 0.701. The molecule has 0 saturated carbocycles. The van der Waals surface area contributed by atoms with Gasteiger partial charge in [-0.3, -0.25) is 0 Å². The normalized spacial score (nSPS) is 14.6. The Bertz CT molecular complexity index is 322. The van der Waals surface area contributed by atoms with Crippen LogP contribution in [0.3, 0.4) is 0 Å². The van der Waals surface area contributed by atoms with Crippen molar-refractivity contribution in [3.8, 4) is 0 Å². The van der Waals surface area contributed by atoms with Crippen LogP contribution in [0.4, 0.5) is 0 Å². The van der Waals surface area contributed by atoms with Crippen LogP contribution in [0.5, 0.6) is 0 Å². The minimum Gasteiger partial charge on any atom is -0.393 e. The first kappa shape index (κ1) is 10.1. The summed E-state index contributed by atoms with van der Waals surface area (Å²) in [6.07, 6.45) is 0. The topological polar surface area (TPSA) is 76.9 Å². The molecule has 0 bridgehead atoms. The highest BCUT2D eigenvalue weighted by Gasteiger charge is 2.19. The second-order valence-electron chi connectivity index (χ2n) is 2.35. The zero-order valence-corrected chi connectivity index (χ0v) is 7.68. The second-order valence-corrected chi connectivity index (χ2v) is 4.15. The van der Waals surface area contributed by atoms with Gasteiger partial charge in [-0.15, -0.1) is 4.16 Å². The van der Waals surface area contributed by atoms with Crippen molar-refractivity contribution >= 4 is 10.7 Å². The van der Waals surface area contributed by atoms with Gasteiger partial charge in [0.15, 0.2) is 5.44 Å². The van der Waals surface area contributed by atoms with Crippen LogP contribution in [0, 0.1) is 0 Å². The van der Waals surface area contributed by atoms with Crippen LogP contribution in [0.1, 0.15) is 0 Å². The standard InChI is InChI=1S/C8H10N2O2S/c9-10-13(8(12)6-11)7-4-2-1-3-5-7/h1-5,8,11-12H,6H2. The smallest absolute Gasteiger partial charge is 0.222 e. The highest BCUT2D eigenvalue weighted by Crippen LogP contribution is 2.08. The maximum atomic E-state index is 9.28. The van der Waals surface area contributed by atoms with Gasteiger partial charge in [0.2, 0.25) is 10.7 Å². The number of rotatable bonds is 3. The van der Waals surface area contributed by atoms with Gasteiger partial charge in [-0.1, -0.05) is 18.2 Å². The molecule has 0 fully saturated rings. The molecular formula is C8H10N2O2S. The van der Waals surface area contributed by atoms with E-state index in [9.17, 15) is 5.11 Å². The third-order valence-electron chi connectivity index (χ3n) is 1.49. The number of nitrogens with zero attached hydrogens (tertiary/aromatic N) is 2. The van der Waals surface area contributed by atoms with Crippen LogP contribution in [-0.2, 0) is 10.7 Å². The predicted molar refractivity (Wildman–Crippen MR) is 50.7 cm³/mol. The van der Waals surface area contributed by atoms with Crippen molar-refractivity contribution in [3.05, 3.63) is 35.9 Å². The van der Waals surface area contributed by atoms with Crippen LogP contribution in [0.25, 0.3) is 5.53 Å². The van der Waals surface area contributed by atoms with Gasteiger partial charge < -0.3 is 15.7 Å². The fourth-order valence-electron chi connectivity index (χ4n) is 0.889. The van der Waals surface area contributed by atoms with Crippen LogP contribution in [-0.4, -0.2) is 22.3 Å². The largest absolute Gasteiger partial charge is 0.393 e. The lowest BCUT2D eigenvalue weighted by Gasteiger charge is -2.02. The Kier molecular flexibility index (Phi) is 3.79. The van der Waals surface area contributed by atoms with E-state index in [0.717, 1.165) is 0 Å². The Balaban J connectivity index is 3.00. The van der Waals surface area contributed by atoms with Crippen molar-refractivity contribution in [1.82, 2.24) is 4.16 Å². The van der Waals surface area contributed by atoms with Crippen molar-refractivity contribution in [2.45, 2.75) is 10.3 Å². The summed E-state index contributed by atoms with van der Waals surface area (Å²) in [6, 6.07) is 8.87. The summed E-state index contributed by atoms with van der Waals surface area (Å²) in [5.74, 6) is 0. The Labute approximate surface area is 78.5 Å². The average molecular weight is 198 g/mol. The second kappa shape index (κ2) is 4.89. The molecule has 1 aromatic rings. The lowest BCUT2D eigenvalue weighted by molar-refractivity contribution is 0.158. The third-order valence-corrected chi connectivity index (χ3v) is 3.08. The van der Waals surface area contributed by atoms with Crippen molar-refractivity contribution < 1.29 is 10.2 Å². The first-order valence-corrected chi connectivity index (χ1v) is 4.96. The van der Waals surface area contributed by atoms with Crippen molar-refractivity contribution in [3.63, 3.8) is 0 Å². The molecule has 0 aliphatic heterocycles. The van der Waals surface area contributed by atoms with Crippen molar-refractivity contribution in [2.24, 2.45) is 0 Å². The number of benzene rings is 1. The van der Waals surface area contributed by atoms with Crippen molar-refractivity contribution in [2.75, 3.05) is 6.61 Å². The number of aliphatic hydroxyl groups is 2. The molecule has 0 radical (unpaired) electrons. The van der Waals surface area contributed by atoms with Crippen LogP contribution in [0.2, 0.25) is 0 Å². The molecule has 2 unspecified atom stereocenters. The molecular weight excluding hydrogens is 188 g/mol. The van der Waals surface area contributed by atoms with E-state index in [1.54, 1.807) is 24.3 Å². The molecule has 0 spiro atoms. The zero-order valence-electron chi connectivity index (χ0n) is 6.87. The molecule has 0 aromatic heterocycles. The van der Waals surface area contributed by atoms with Gasteiger partial charge in [0, 0.05) is 0 Å². The van der Waals surface area contributed by atoms with E-state index in [1.807, 2.05) is 6.07 Å². The Morgan fingerprint density at radius 3 is 2.46 bits per heavy atom. The summed E-state index contributed by atoms with van der Waals surface area (Å²) >= 11 is 0. The van der Waals surface area contributed by atoms with Crippen LogP contribution < -0.4 is 4.16 Å². The minimum atomic E-state index is -1.05. The first-order chi connectivity index (χ1) is 6.29. The van der Waals surface area contributed by atoms with E-state index in [2.05, 4.69) is 4.16 Å². The van der Waals surface area contributed by atoms with Gasteiger partial charge in [0.05, 0.1) is 11.5 Å². The fraction of sp³-hybridized carbons (Fsp3) is 0.250. The molecule has 0 saturated heterocycles. The lowest BCUT2D eigenvalue weighted by Crippen LogP contribution is -2.19. The quantitative estimate of drug-likeness (QED) is 0.539. The summed E-state index contributed by atoms with van der Waals surface area (Å²) in [6.45, 7) is -0.415. The average Bonchev–Trinajstić information content (AvgIpc) is 2.20. The van der Waals surface area contributed by atoms with Gasteiger partial charge in [0.25, 0.3) is 0 Å². The summed E-state index contributed by atoms with van der Waals surface area (Å²) < 4.78 is 3.05. The molecule has 5 heteroatoms. The Hall–Kier alpha value is -1.00. The van der Waals surface area contributed by atoms with E-state index in [1.165, 1.54) is 0 Å². The molecule has 0 aliphatic rings. The molecule has 4 nitrogen and oxygen atoms in total.